The highest BCUT2D eigenvalue weighted by Crippen LogP contribution is 2.27. The minimum absolute atomic E-state index is 0.161. The summed E-state index contributed by atoms with van der Waals surface area (Å²) >= 11 is 0. The van der Waals surface area contributed by atoms with E-state index in [2.05, 4.69) is 20.6 Å². The van der Waals surface area contributed by atoms with Crippen molar-refractivity contribution in [2.45, 2.75) is 65.1 Å². The second-order valence-corrected chi connectivity index (χ2v) is 11.7. The molecule has 10 nitrogen and oxygen atoms in total. The number of likely N-dealkylation sites (tertiary alicyclic amines) is 1. The van der Waals surface area contributed by atoms with Crippen LogP contribution < -0.4 is 10.6 Å². The molecule has 1 aliphatic rings. The number of fused-ring (bicyclic) bond motifs is 1. The molecule has 2 N–H and O–H groups in total. The Morgan fingerprint density at radius 3 is 2.68 bits per heavy atom. The van der Waals surface area contributed by atoms with Crippen molar-refractivity contribution in [3.8, 4) is 0 Å². The third-order valence-electron chi connectivity index (χ3n) is 7.62. The zero-order valence-corrected chi connectivity index (χ0v) is 24.4. The van der Waals surface area contributed by atoms with Gasteiger partial charge >= 0.3 is 0 Å². The highest BCUT2D eigenvalue weighted by molar-refractivity contribution is 5.93. The van der Waals surface area contributed by atoms with Crippen molar-refractivity contribution >= 4 is 23.5 Å². The summed E-state index contributed by atoms with van der Waals surface area (Å²) in [4.78, 5) is 52.6. The van der Waals surface area contributed by atoms with Crippen LogP contribution in [0.15, 0.2) is 48.9 Å². The van der Waals surface area contributed by atoms with Gasteiger partial charge in [0.15, 0.2) is 0 Å². The van der Waals surface area contributed by atoms with Crippen LogP contribution in [0.4, 0.5) is 4.39 Å². The fraction of sp³-hybridized carbons (Fsp3) is 0.500. The number of hydrogen-bond acceptors (Lipinski definition) is 6. The molecule has 0 unspecified atom stereocenters. The number of rotatable bonds is 10. The third-order valence-corrected chi connectivity index (χ3v) is 7.62. The fourth-order valence-electron chi connectivity index (χ4n) is 5.11. The number of aromatic nitrogens is 3. The molecule has 4 rings (SSSR count). The lowest BCUT2D eigenvalue weighted by molar-refractivity contribution is -0.140. The first-order valence-corrected chi connectivity index (χ1v) is 14.1. The van der Waals surface area contributed by atoms with Crippen LogP contribution in [0, 0.1) is 11.2 Å². The van der Waals surface area contributed by atoms with Gasteiger partial charge in [-0.3, -0.25) is 18.8 Å². The number of nitrogens with zero attached hydrogens (tertiary/aromatic N) is 5. The van der Waals surface area contributed by atoms with E-state index in [0.29, 0.717) is 31.8 Å². The van der Waals surface area contributed by atoms with Gasteiger partial charge in [0.25, 0.3) is 5.91 Å². The first-order chi connectivity index (χ1) is 19.5. The van der Waals surface area contributed by atoms with Crippen LogP contribution in [0.1, 0.15) is 56.6 Å². The van der Waals surface area contributed by atoms with Gasteiger partial charge in [0.05, 0.1) is 6.04 Å². The van der Waals surface area contributed by atoms with Crippen molar-refractivity contribution in [1.82, 2.24) is 34.8 Å². The van der Waals surface area contributed by atoms with E-state index < -0.39 is 17.5 Å². The van der Waals surface area contributed by atoms with Gasteiger partial charge in [-0.1, -0.05) is 32.9 Å². The molecule has 41 heavy (non-hydrogen) atoms. The monoisotopic (exact) mass is 565 g/mol. The summed E-state index contributed by atoms with van der Waals surface area (Å²) in [5, 5.41) is 5.86. The number of imidazole rings is 1. The molecule has 220 valence electrons. The van der Waals surface area contributed by atoms with E-state index in [1.54, 1.807) is 58.9 Å². The normalized spacial score (nSPS) is 16.9. The Labute approximate surface area is 240 Å². The standard InChI is InChI=1S/C30H40FN7O3/c1-20(32-5)26(39)35-25(30(2,3)4)28(41)38-15-7-11-23(38)18-36(16-12-21-9-6-10-22(31)17-21)27(40)24-19-37-14-8-13-33-29(37)34-24/h6,8-10,13-14,17,19-20,23,25,32H,7,11-12,15-16,18H2,1-5H3,(H,35,39)/t20-,23-,25+/m0/s1. The lowest BCUT2D eigenvalue weighted by Gasteiger charge is -2.37. The highest BCUT2D eigenvalue weighted by Gasteiger charge is 2.41. The van der Waals surface area contributed by atoms with Crippen molar-refractivity contribution in [3.05, 3.63) is 66.0 Å². The second-order valence-electron chi connectivity index (χ2n) is 11.7. The number of carbonyl (C=O) groups is 3. The molecule has 0 saturated carbocycles. The van der Waals surface area contributed by atoms with Crippen LogP contribution in [-0.4, -0.2) is 86.7 Å². The van der Waals surface area contributed by atoms with Crippen LogP contribution in [-0.2, 0) is 16.0 Å². The topological polar surface area (TPSA) is 112 Å². The molecule has 1 saturated heterocycles. The Bertz CT molecular complexity index is 1350. The summed E-state index contributed by atoms with van der Waals surface area (Å²) in [7, 11) is 1.70. The average Bonchev–Trinajstić information content (AvgIpc) is 3.59. The van der Waals surface area contributed by atoms with Crippen LogP contribution in [0.2, 0.25) is 0 Å². The second kappa shape index (κ2) is 12.8. The number of halogens is 1. The fourth-order valence-corrected chi connectivity index (χ4v) is 5.11. The number of nitrogens with one attached hydrogen (secondary N) is 2. The maximum atomic E-state index is 13.9. The summed E-state index contributed by atoms with van der Waals surface area (Å²) in [5.41, 5.74) is 0.497. The van der Waals surface area contributed by atoms with Gasteiger partial charge in [0.2, 0.25) is 17.6 Å². The lowest BCUT2D eigenvalue weighted by atomic mass is 9.85. The molecule has 0 radical (unpaired) electrons. The lowest BCUT2D eigenvalue weighted by Crippen LogP contribution is -2.59. The summed E-state index contributed by atoms with van der Waals surface area (Å²) in [6.07, 6.45) is 6.99. The first-order valence-electron chi connectivity index (χ1n) is 14.1. The Kier molecular flexibility index (Phi) is 9.37. The van der Waals surface area contributed by atoms with Gasteiger partial charge in [-0.05, 0) is 62.4 Å². The molecule has 1 aromatic carbocycles. The Morgan fingerprint density at radius 2 is 2.00 bits per heavy atom. The molecule has 1 fully saturated rings. The van der Waals surface area contributed by atoms with Crippen molar-refractivity contribution in [1.29, 1.82) is 0 Å². The molecule has 0 spiro atoms. The maximum absolute atomic E-state index is 13.9. The van der Waals surface area contributed by atoms with Crippen LogP contribution in [0.25, 0.3) is 5.78 Å². The van der Waals surface area contributed by atoms with Crippen molar-refractivity contribution < 1.29 is 18.8 Å². The molecule has 3 heterocycles. The molecule has 0 aliphatic carbocycles. The van der Waals surface area contributed by atoms with Crippen LogP contribution >= 0.6 is 0 Å². The quantitative estimate of drug-likeness (QED) is 0.391. The van der Waals surface area contributed by atoms with Crippen molar-refractivity contribution in [2.75, 3.05) is 26.7 Å². The third kappa shape index (κ3) is 7.27. The summed E-state index contributed by atoms with van der Waals surface area (Å²) in [5.74, 6) is -0.606. The largest absolute Gasteiger partial charge is 0.342 e. The summed E-state index contributed by atoms with van der Waals surface area (Å²) in [6, 6.07) is 6.68. The van der Waals surface area contributed by atoms with E-state index >= 15 is 0 Å². The average molecular weight is 566 g/mol. The first kappa shape index (κ1) is 30.1. The van der Waals surface area contributed by atoms with Gasteiger partial charge in [0, 0.05) is 44.3 Å². The van der Waals surface area contributed by atoms with Crippen molar-refractivity contribution in [2.24, 2.45) is 5.41 Å². The zero-order valence-electron chi connectivity index (χ0n) is 24.4. The molecule has 3 amide bonds. The number of hydrogen-bond donors (Lipinski definition) is 2. The zero-order chi connectivity index (χ0) is 29.7. The molecule has 2 aromatic heterocycles. The van der Waals surface area contributed by atoms with Gasteiger partial charge in [-0.15, -0.1) is 0 Å². The summed E-state index contributed by atoms with van der Waals surface area (Å²) in [6.45, 7) is 8.68. The maximum Gasteiger partial charge on any atom is 0.274 e. The Balaban J connectivity index is 1.57. The molecular weight excluding hydrogens is 525 g/mol. The van der Waals surface area contributed by atoms with Crippen LogP contribution in [0.3, 0.4) is 0 Å². The predicted molar refractivity (Wildman–Crippen MR) is 154 cm³/mol. The predicted octanol–water partition coefficient (Wildman–Crippen LogP) is 2.68. The Hall–Kier alpha value is -3.86. The van der Waals surface area contributed by atoms with E-state index in [-0.39, 0.29) is 35.3 Å². The number of amides is 3. The molecule has 3 atom stereocenters. The van der Waals surface area contributed by atoms with E-state index in [1.165, 1.54) is 12.1 Å². The number of benzene rings is 1. The minimum atomic E-state index is -0.729. The smallest absolute Gasteiger partial charge is 0.274 e. The minimum Gasteiger partial charge on any atom is -0.342 e. The number of likely N-dealkylation sites (N-methyl/N-ethyl adjacent to an activating group) is 1. The van der Waals surface area contributed by atoms with Gasteiger partial charge in [0.1, 0.15) is 17.6 Å². The summed E-state index contributed by atoms with van der Waals surface area (Å²) < 4.78 is 15.5. The Morgan fingerprint density at radius 1 is 1.22 bits per heavy atom. The molecular formula is C30H40FN7O3. The number of carbonyl (C=O) groups excluding carboxylic acids is 3. The van der Waals surface area contributed by atoms with Gasteiger partial charge in [-0.25, -0.2) is 14.4 Å². The van der Waals surface area contributed by atoms with E-state index in [9.17, 15) is 18.8 Å². The molecule has 3 aromatic rings. The van der Waals surface area contributed by atoms with E-state index in [0.717, 1.165) is 18.4 Å². The molecule has 11 heteroatoms. The van der Waals surface area contributed by atoms with Gasteiger partial charge in [-0.2, -0.15) is 0 Å². The van der Waals surface area contributed by atoms with Gasteiger partial charge < -0.3 is 20.4 Å². The SMILES string of the molecule is CN[C@@H](C)C(=O)N[C@H](C(=O)N1CCC[C@H]1CN(CCc1cccc(F)c1)C(=O)c1cn2cccnc2n1)C(C)(C)C. The van der Waals surface area contributed by atoms with Crippen molar-refractivity contribution in [3.63, 3.8) is 0 Å². The molecule has 1 aliphatic heterocycles. The van der Waals surface area contributed by atoms with E-state index in [1.807, 2.05) is 26.8 Å². The molecule has 0 bridgehead atoms. The van der Waals surface area contributed by atoms with E-state index in [4.69, 9.17) is 0 Å². The highest BCUT2D eigenvalue weighted by atomic mass is 19.1. The van der Waals surface area contributed by atoms with Crippen LogP contribution in [0.5, 0.6) is 0 Å².